The zero-order valence-electron chi connectivity index (χ0n) is 11.4. The van der Waals surface area contributed by atoms with Gasteiger partial charge in [0.15, 0.2) is 0 Å². The molecule has 1 aliphatic heterocycles. The van der Waals surface area contributed by atoms with Crippen molar-refractivity contribution in [1.29, 1.82) is 0 Å². The molecule has 0 amide bonds. The van der Waals surface area contributed by atoms with Crippen LogP contribution in [0.3, 0.4) is 0 Å². The summed E-state index contributed by atoms with van der Waals surface area (Å²) in [5.74, 6) is 0. The fraction of sp³-hybridized carbons (Fsp3) is 0.786. The Hall–Kier alpha value is -0.870. The summed E-state index contributed by atoms with van der Waals surface area (Å²) in [6, 6.07) is 1.28. The molecule has 3 rings (SSSR count). The standard InChI is InChI=1S/C14H23N3O/c1-14(2)7-12(5-6-18-14)17-10-15-8-13(17)9-16-11-3-4-11/h8,10-12,16H,3-7,9H2,1-2H3. The van der Waals surface area contributed by atoms with Crippen molar-refractivity contribution >= 4 is 0 Å². The maximum Gasteiger partial charge on any atom is 0.0951 e. The average Bonchev–Trinajstić information content (AvgIpc) is 3.02. The summed E-state index contributed by atoms with van der Waals surface area (Å²) >= 11 is 0. The SMILES string of the molecule is CC1(C)CC(n2cncc2CNC2CC2)CCO1. The highest BCUT2D eigenvalue weighted by atomic mass is 16.5. The van der Waals surface area contributed by atoms with E-state index in [4.69, 9.17) is 4.74 Å². The van der Waals surface area contributed by atoms with E-state index in [9.17, 15) is 0 Å². The number of aromatic nitrogens is 2. The molecule has 4 nitrogen and oxygen atoms in total. The minimum atomic E-state index is -0.00558. The van der Waals surface area contributed by atoms with E-state index in [1.807, 2.05) is 12.5 Å². The van der Waals surface area contributed by atoms with Gasteiger partial charge in [-0.3, -0.25) is 0 Å². The van der Waals surface area contributed by atoms with Crippen LogP contribution in [0.15, 0.2) is 12.5 Å². The summed E-state index contributed by atoms with van der Waals surface area (Å²) in [6.45, 7) is 6.16. The third-order valence-corrected chi connectivity index (χ3v) is 3.96. The fourth-order valence-electron chi connectivity index (χ4n) is 2.77. The molecule has 2 heterocycles. The molecule has 1 atom stereocenters. The van der Waals surface area contributed by atoms with Crippen molar-refractivity contribution in [2.45, 2.75) is 63.8 Å². The first-order valence-corrected chi connectivity index (χ1v) is 7.02. The second-order valence-corrected chi connectivity index (χ2v) is 6.20. The minimum absolute atomic E-state index is 0.00558. The molecule has 2 aliphatic rings. The number of nitrogens with one attached hydrogen (secondary N) is 1. The molecule has 1 saturated carbocycles. The van der Waals surface area contributed by atoms with E-state index in [0.29, 0.717) is 6.04 Å². The molecule has 0 bridgehead atoms. The van der Waals surface area contributed by atoms with Crippen LogP contribution >= 0.6 is 0 Å². The Morgan fingerprint density at radius 1 is 1.44 bits per heavy atom. The molecule has 0 radical (unpaired) electrons. The molecule has 100 valence electrons. The number of imidazole rings is 1. The lowest BCUT2D eigenvalue weighted by molar-refractivity contribution is -0.0694. The lowest BCUT2D eigenvalue weighted by Crippen LogP contribution is -2.35. The van der Waals surface area contributed by atoms with Gasteiger partial charge in [0.2, 0.25) is 0 Å². The van der Waals surface area contributed by atoms with Gasteiger partial charge in [-0.25, -0.2) is 4.98 Å². The molecule has 1 aromatic rings. The van der Waals surface area contributed by atoms with Gasteiger partial charge >= 0.3 is 0 Å². The molecule has 4 heteroatoms. The maximum absolute atomic E-state index is 5.79. The van der Waals surface area contributed by atoms with Crippen molar-refractivity contribution < 1.29 is 4.74 Å². The molecule has 2 fully saturated rings. The Morgan fingerprint density at radius 2 is 2.28 bits per heavy atom. The van der Waals surface area contributed by atoms with Crippen LogP contribution < -0.4 is 5.32 Å². The number of rotatable bonds is 4. The number of hydrogen-bond donors (Lipinski definition) is 1. The van der Waals surface area contributed by atoms with E-state index in [1.165, 1.54) is 18.5 Å². The zero-order chi connectivity index (χ0) is 12.6. The lowest BCUT2D eigenvalue weighted by Gasteiger charge is -2.36. The average molecular weight is 249 g/mol. The van der Waals surface area contributed by atoms with Crippen LogP contribution in [-0.2, 0) is 11.3 Å². The Labute approximate surface area is 109 Å². The lowest BCUT2D eigenvalue weighted by atomic mass is 9.93. The molecule has 1 unspecified atom stereocenters. The first-order chi connectivity index (χ1) is 8.64. The Kier molecular flexibility index (Phi) is 3.16. The van der Waals surface area contributed by atoms with Crippen molar-refractivity contribution in [3.8, 4) is 0 Å². The van der Waals surface area contributed by atoms with E-state index in [1.54, 1.807) is 0 Å². The van der Waals surface area contributed by atoms with Gasteiger partial charge in [-0.05, 0) is 39.5 Å². The number of ether oxygens (including phenoxy) is 1. The van der Waals surface area contributed by atoms with Crippen LogP contribution in [-0.4, -0.2) is 27.8 Å². The number of nitrogens with zero attached hydrogens (tertiary/aromatic N) is 2. The highest BCUT2D eigenvalue weighted by Crippen LogP contribution is 2.32. The van der Waals surface area contributed by atoms with Gasteiger partial charge < -0.3 is 14.6 Å². The Bertz CT molecular complexity index is 409. The first-order valence-electron chi connectivity index (χ1n) is 7.02. The van der Waals surface area contributed by atoms with Gasteiger partial charge in [0.05, 0.1) is 17.6 Å². The van der Waals surface area contributed by atoms with E-state index < -0.39 is 0 Å². The largest absolute Gasteiger partial charge is 0.375 e. The highest BCUT2D eigenvalue weighted by Gasteiger charge is 2.30. The molecule has 18 heavy (non-hydrogen) atoms. The third kappa shape index (κ3) is 2.75. The van der Waals surface area contributed by atoms with Crippen molar-refractivity contribution in [3.05, 3.63) is 18.2 Å². The molecule has 1 saturated heterocycles. The van der Waals surface area contributed by atoms with E-state index in [2.05, 4.69) is 28.7 Å². The van der Waals surface area contributed by atoms with Gasteiger partial charge in [0.1, 0.15) is 0 Å². The monoisotopic (exact) mass is 249 g/mol. The van der Waals surface area contributed by atoms with Crippen LogP contribution in [0, 0.1) is 0 Å². The van der Waals surface area contributed by atoms with E-state index >= 15 is 0 Å². The van der Waals surface area contributed by atoms with E-state index in [-0.39, 0.29) is 5.60 Å². The van der Waals surface area contributed by atoms with Gasteiger partial charge in [0.25, 0.3) is 0 Å². The van der Waals surface area contributed by atoms with Crippen molar-refractivity contribution in [3.63, 3.8) is 0 Å². The second-order valence-electron chi connectivity index (χ2n) is 6.20. The molecule has 0 spiro atoms. The topological polar surface area (TPSA) is 39.1 Å². The smallest absolute Gasteiger partial charge is 0.0951 e. The van der Waals surface area contributed by atoms with Crippen LogP contribution in [0.25, 0.3) is 0 Å². The molecule has 1 aliphatic carbocycles. The second kappa shape index (κ2) is 4.67. The minimum Gasteiger partial charge on any atom is -0.375 e. The zero-order valence-corrected chi connectivity index (χ0v) is 11.4. The van der Waals surface area contributed by atoms with E-state index in [0.717, 1.165) is 32.0 Å². The summed E-state index contributed by atoms with van der Waals surface area (Å²) in [6.07, 6.45) is 8.81. The van der Waals surface area contributed by atoms with Crippen LogP contribution in [0.4, 0.5) is 0 Å². The van der Waals surface area contributed by atoms with Crippen molar-refractivity contribution in [1.82, 2.24) is 14.9 Å². The maximum atomic E-state index is 5.79. The molecule has 0 aromatic carbocycles. The molecule has 1 aromatic heterocycles. The first kappa shape index (κ1) is 12.2. The molecule has 1 N–H and O–H groups in total. The van der Waals surface area contributed by atoms with Crippen LogP contribution in [0.1, 0.15) is 51.3 Å². The summed E-state index contributed by atoms with van der Waals surface area (Å²) in [5, 5.41) is 3.57. The quantitative estimate of drug-likeness (QED) is 0.889. The fourth-order valence-corrected chi connectivity index (χ4v) is 2.77. The van der Waals surface area contributed by atoms with Crippen LogP contribution in [0.2, 0.25) is 0 Å². The van der Waals surface area contributed by atoms with Crippen LogP contribution in [0.5, 0.6) is 0 Å². The Balaban J connectivity index is 1.68. The summed E-state index contributed by atoms with van der Waals surface area (Å²) in [7, 11) is 0. The normalized spacial score (nSPS) is 27.3. The molecular formula is C14H23N3O. The predicted octanol–water partition coefficient (Wildman–Crippen LogP) is 2.27. The summed E-state index contributed by atoms with van der Waals surface area (Å²) < 4.78 is 8.14. The van der Waals surface area contributed by atoms with Gasteiger partial charge in [0, 0.05) is 31.4 Å². The predicted molar refractivity (Wildman–Crippen MR) is 70.4 cm³/mol. The Morgan fingerprint density at radius 3 is 3.00 bits per heavy atom. The highest BCUT2D eigenvalue weighted by molar-refractivity contribution is 5.02. The molecular weight excluding hydrogens is 226 g/mol. The van der Waals surface area contributed by atoms with Crippen molar-refractivity contribution in [2.75, 3.05) is 6.61 Å². The number of hydrogen-bond acceptors (Lipinski definition) is 3. The summed E-state index contributed by atoms with van der Waals surface area (Å²) in [4.78, 5) is 4.33. The van der Waals surface area contributed by atoms with Gasteiger partial charge in [-0.15, -0.1) is 0 Å². The van der Waals surface area contributed by atoms with Crippen molar-refractivity contribution in [2.24, 2.45) is 0 Å². The van der Waals surface area contributed by atoms with Gasteiger partial charge in [-0.1, -0.05) is 0 Å². The summed E-state index contributed by atoms with van der Waals surface area (Å²) in [5.41, 5.74) is 1.30. The van der Waals surface area contributed by atoms with Gasteiger partial charge in [-0.2, -0.15) is 0 Å². The third-order valence-electron chi connectivity index (χ3n) is 3.96.